The molecule has 1 aromatic rings. The zero-order valence-electron chi connectivity index (χ0n) is 12.3. The second kappa shape index (κ2) is 5.66. The second-order valence-electron chi connectivity index (χ2n) is 6.20. The number of carbonyl (C=O) groups excluding carboxylic acids is 1. The molecule has 0 spiro atoms. The van der Waals surface area contributed by atoms with Crippen LogP contribution in [0.4, 0.5) is 0 Å². The number of carbonyl (C=O) groups is 1. The van der Waals surface area contributed by atoms with Gasteiger partial charge in [0.15, 0.2) is 17.3 Å². The number of hydrogen-bond acceptors (Lipinski definition) is 5. The maximum absolute atomic E-state index is 12.4. The minimum atomic E-state index is -0.241. The van der Waals surface area contributed by atoms with E-state index in [2.05, 4.69) is 16.7 Å². The molecule has 5 heteroatoms. The Morgan fingerprint density at radius 1 is 1.29 bits per heavy atom. The molecule has 2 aliphatic rings. The highest BCUT2D eigenvalue weighted by Gasteiger charge is 2.34. The summed E-state index contributed by atoms with van der Waals surface area (Å²) in [5.74, 6) is -0.447. The summed E-state index contributed by atoms with van der Waals surface area (Å²) in [5.41, 5.74) is 0.450. The average molecular weight is 290 g/mol. The van der Waals surface area contributed by atoms with E-state index in [1.165, 1.54) is 31.5 Å². The number of Topliss-reactive ketones (excluding diaryl/α,β-unsaturated/α-hetero) is 1. The van der Waals surface area contributed by atoms with Crippen molar-refractivity contribution in [3.8, 4) is 11.5 Å². The number of piperazine rings is 1. The first kappa shape index (κ1) is 14.4. The molecular formula is C16H22N2O3. The van der Waals surface area contributed by atoms with Crippen LogP contribution < -0.4 is 0 Å². The number of phenols is 2. The van der Waals surface area contributed by atoms with Gasteiger partial charge in [-0.1, -0.05) is 0 Å². The molecule has 2 N–H and O–H groups in total. The summed E-state index contributed by atoms with van der Waals surface area (Å²) >= 11 is 0. The summed E-state index contributed by atoms with van der Waals surface area (Å²) in [5, 5.41) is 18.8. The van der Waals surface area contributed by atoms with Crippen molar-refractivity contribution in [3.63, 3.8) is 0 Å². The maximum Gasteiger partial charge on any atom is 0.176 e. The highest BCUT2D eigenvalue weighted by atomic mass is 16.3. The van der Waals surface area contributed by atoms with Gasteiger partial charge in [-0.05, 0) is 44.5 Å². The van der Waals surface area contributed by atoms with E-state index in [4.69, 9.17) is 0 Å². The molecule has 2 atom stereocenters. The van der Waals surface area contributed by atoms with Gasteiger partial charge < -0.3 is 10.2 Å². The second-order valence-corrected chi connectivity index (χ2v) is 6.20. The van der Waals surface area contributed by atoms with E-state index in [9.17, 15) is 15.0 Å². The van der Waals surface area contributed by atoms with Crippen LogP contribution >= 0.6 is 0 Å². The molecule has 2 heterocycles. The fourth-order valence-electron chi connectivity index (χ4n) is 3.44. The molecule has 3 rings (SSSR count). The highest BCUT2D eigenvalue weighted by Crippen LogP contribution is 2.27. The zero-order chi connectivity index (χ0) is 15.0. The average Bonchev–Trinajstić information content (AvgIpc) is 2.89. The molecule has 0 amide bonds. The number of phenolic OH excluding ortho intramolecular Hbond substituents is 2. The van der Waals surface area contributed by atoms with Crippen LogP contribution in [0.5, 0.6) is 11.5 Å². The van der Waals surface area contributed by atoms with Crippen LogP contribution in [0.1, 0.15) is 30.1 Å². The molecule has 2 aliphatic heterocycles. The Hall–Kier alpha value is -1.59. The minimum absolute atomic E-state index is 0.0106. The van der Waals surface area contributed by atoms with E-state index in [0.29, 0.717) is 24.2 Å². The van der Waals surface area contributed by atoms with Crippen molar-refractivity contribution in [1.82, 2.24) is 9.80 Å². The predicted molar refractivity (Wildman–Crippen MR) is 79.7 cm³/mol. The third-order valence-electron chi connectivity index (χ3n) is 4.71. The zero-order valence-corrected chi connectivity index (χ0v) is 12.3. The topological polar surface area (TPSA) is 64.0 Å². The van der Waals surface area contributed by atoms with Gasteiger partial charge in [0.25, 0.3) is 0 Å². The molecule has 0 bridgehead atoms. The molecule has 1 aromatic carbocycles. The molecule has 114 valence electrons. The molecule has 0 saturated carbocycles. The van der Waals surface area contributed by atoms with Crippen LogP contribution in [0, 0.1) is 0 Å². The third kappa shape index (κ3) is 2.89. The molecule has 21 heavy (non-hydrogen) atoms. The Kier molecular flexibility index (Phi) is 3.87. The highest BCUT2D eigenvalue weighted by molar-refractivity contribution is 5.98. The Labute approximate surface area is 124 Å². The van der Waals surface area contributed by atoms with Crippen molar-refractivity contribution in [2.45, 2.75) is 31.8 Å². The van der Waals surface area contributed by atoms with Gasteiger partial charge in [0.2, 0.25) is 0 Å². The lowest BCUT2D eigenvalue weighted by Gasteiger charge is -2.42. The number of fused-ring (bicyclic) bond motifs is 1. The van der Waals surface area contributed by atoms with Crippen LogP contribution in [0.2, 0.25) is 0 Å². The fourth-order valence-corrected chi connectivity index (χ4v) is 3.44. The van der Waals surface area contributed by atoms with Crippen molar-refractivity contribution in [3.05, 3.63) is 23.8 Å². The van der Waals surface area contributed by atoms with Gasteiger partial charge in [-0.3, -0.25) is 14.6 Å². The molecular weight excluding hydrogens is 268 g/mol. The number of hydrogen-bond donors (Lipinski definition) is 2. The van der Waals surface area contributed by atoms with Gasteiger partial charge in [0.05, 0.1) is 6.54 Å². The summed E-state index contributed by atoms with van der Waals surface area (Å²) in [6.45, 7) is 5.68. The third-order valence-corrected chi connectivity index (χ3v) is 4.71. The summed E-state index contributed by atoms with van der Waals surface area (Å²) in [6, 6.07) is 5.22. The number of benzene rings is 1. The van der Waals surface area contributed by atoms with Gasteiger partial charge in [0, 0.05) is 30.7 Å². The van der Waals surface area contributed by atoms with Gasteiger partial charge in [-0.25, -0.2) is 0 Å². The van der Waals surface area contributed by atoms with Crippen LogP contribution in [-0.2, 0) is 0 Å². The monoisotopic (exact) mass is 290 g/mol. The van der Waals surface area contributed by atoms with Gasteiger partial charge in [0.1, 0.15) is 0 Å². The minimum Gasteiger partial charge on any atom is -0.504 e. The van der Waals surface area contributed by atoms with E-state index in [-0.39, 0.29) is 17.3 Å². The van der Waals surface area contributed by atoms with E-state index in [1.807, 2.05) is 0 Å². The SMILES string of the molecule is CC1CN2CCCC2CN1CC(=O)c1ccc(O)c(O)c1. The summed E-state index contributed by atoms with van der Waals surface area (Å²) in [4.78, 5) is 17.1. The molecule has 0 aromatic heterocycles. The van der Waals surface area contributed by atoms with E-state index in [1.54, 1.807) is 6.07 Å². The lowest BCUT2D eigenvalue weighted by Crippen LogP contribution is -2.55. The molecule has 2 unspecified atom stereocenters. The van der Waals surface area contributed by atoms with Crippen LogP contribution in [-0.4, -0.2) is 64.1 Å². The number of nitrogens with zero attached hydrogens (tertiary/aromatic N) is 2. The van der Waals surface area contributed by atoms with Crippen LogP contribution in [0.15, 0.2) is 18.2 Å². The van der Waals surface area contributed by atoms with Crippen LogP contribution in [0.25, 0.3) is 0 Å². The Morgan fingerprint density at radius 2 is 2.10 bits per heavy atom. The quantitative estimate of drug-likeness (QED) is 0.651. The van der Waals surface area contributed by atoms with Gasteiger partial charge in [-0.15, -0.1) is 0 Å². The molecule has 2 fully saturated rings. The summed E-state index contributed by atoms with van der Waals surface area (Å²) in [6.07, 6.45) is 2.47. The Balaban J connectivity index is 1.67. The Morgan fingerprint density at radius 3 is 2.86 bits per heavy atom. The van der Waals surface area contributed by atoms with Crippen molar-refractivity contribution in [2.75, 3.05) is 26.2 Å². The smallest absolute Gasteiger partial charge is 0.176 e. The number of rotatable bonds is 3. The van der Waals surface area contributed by atoms with Crippen molar-refractivity contribution < 1.29 is 15.0 Å². The molecule has 0 aliphatic carbocycles. The summed E-state index contributed by atoms with van der Waals surface area (Å²) in [7, 11) is 0. The van der Waals surface area contributed by atoms with Crippen molar-refractivity contribution in [2.24, 2.45) is 0 Å². The van der Waals surface area contributed by atoms with Gasteiger partial charge in [-0.2, -0.15) is 0 Å². The van der Waals surface area contributed by atoms with E-state index >= 15 is 0 Å². The lowest BCUT2D eigenvalue weighted by atomic mass is 10.1. The van der Waals surface area contributed by atoms with E-state index in [0.717, 1.165) is 13.1 Å². The van der Waals surface area contributed by atoms with Crippen molar-refractivity contribution >= 4 is 5.78 Å². The summed E-state index contributed by atoms with van der Waals surface area (Å²) < 4.78 is 0. The normalized spacial score (nSPS) is 26.7. The standard InChI is InChI=1S/C16H22N2O3/c1-11-8-17-6-2-3-13(17)9-18(11)10-16(21)12-4-5-14(19)15(20)7-12/h4-5,7,11,13,19-20H,2-3,6,8-10H2,1H3. The van der Waals surface area contributed by atoms with Crippen LogP contribution in [0.3, 0.4) is 0 Å². The predicted octanol–water partition coefficient (Wildman–Crippen LogP) is 1.45. The maximum atomic E-state index is 12.4. The first-order valence-electron chi connectivity index (χ1n) is 7.58. The number of aromatic hydroxyl groups is 2. The lowest BCUT2D eigenvalue weighted by molar-refractivity contribution is 0.0535. The largest absolute Gasteiger partial charge is 0.504 e. The van der Waals surface area contributed by atoms with Crippen molar-refractivity contribution in [1.29, 1.82) is 0 Å². The first-order valence-corrected chi connectivity index (χ1v) is 7.58. The fraction of sp³-hybridized carbons (Fsp3) is 0.562. The van der Waals surface area contributed by atoms with Gasteiger partial charge >= 0.3 is 0 Å². The van der Waals surface area contributed by atoms with E-state index < -0.39 is 0 Å². The molecule has 5 nitrogen and oxygen atoms in total. The first-order chi connectivity index (χ1) is 10.0. The number of ketones is 1. The molecule has 2 saturated heterocycles. The molecule has 0 radical (unpaired) electrons. The Bertz CT molecular complexity index is 546.